The van der Waals surface area contributed by atoms with Crippen LogP contribution in [-0.2, 0) is 18.9 Å². The molecule has 0 saturated carbocycles. The number of carbonyl (C=O) groups excluding carboxylic acids is 3. The molecule has 3 aromatic rings. The molecule has 46 nitrogen and oxygen atoms in total. The number of nitrogens with zero attached hydrogens (tertiary/aromatic N) is 13. The zero-order valence-corrected chi connectivity index (χ0v) is 46.0. The van der Waals surface area contributed by atoms with Crippen LogP contribution < -0.4 is 58.5 Å². The number of amides is 6. The maximum Gasteiger partial charge on any atom is 0.328 e. The highest BCUT2D eigenvalue weighted by molar-refractivity contribution is 5.77. The van der Waals surface area contributed by atoms with Crippen molar-refractivity contribution >= 4 is 71.6 Å². The van der Waals surface area contributed by atoms with E-state index >= 15 is 0 Å². The van der Waals surface area contributed by atoms with Gasteiger partial charge in [-0.15, -0.1) is 0 Å². The van der Waals surface area contributed by atoms with Crippen molar-refractivity contribution < 1.29 is 110 Å². The van der Waals surface area contributed by atoms with Crippen molar-refractivity contribution in [3.8, 4) is 0 Å². The first kappa shape index (κ1) is 72.5. The van der Waals surface area contributed by atoms with Crippen LogP contribution in [0.1, 0.15) is 12.8 Å². The van der Waals surface area contributed by atoms with E-state index in [2.05, 4.69) is 92.7 Å². The summed E-state index contributed by atoms with van der Waals surface area (Å²) in [5.41, 5.74) is -0.401. The zero-order chi connectivity index (χ0) is 63.3. The Balaban J connectivity index is 0.000000346. The van der Waals surface area contributed by atoms with Crippen molar-refractivity contribution in [2.75, 3.05) is 188 Å². The summed E-state index contributed by atoms with van der Waals surface area (Å²) in [6, 6.07) is -1.69. The normalized spacial score (nSPS) is 19.5. The molecule has 4 aliphatic heterocycles. The van der Waals surface area contributed by atoms with E-state index in [1.807, 2.05) is 10.6 Å². The number of urea groups is 3. The molecule has 4 saturated heterocycles. The van der Waals surface area contributed by atoms with Crippen molar-refractivity contribution in [3.63, 3.8) is 0 Å². The number of aliphatic hydroxyl groups is 15. The van der Waals surface area contributed by atoms with E-state index in [0.717, 1.165) is 0 Å². The summed E-state index contributed by atoms with van der Waals surface area (Å²) in [5.74, 6) is 1.50. The second-order valence-corrected chi connectivity index (χ2v) is 16.7. The van der Waals surface area contributed by atoms with Crippen LogP contribution in [0.15, 0.2) is 0 Å². The number of anilines is 9. The number of aromatic nitrogens is 9. The molecule has 7 heterocycles. The monoisotopic (exact) mass is 1240 g/mol. The molecule has 3 aromatic heterocycles. The summed E-state index contributed by atoms with van der Waals surface area (Å²) in [6.45, 7) is -1.67. The van der Waals surface area contributed by atoms with Crippen LogP contribution >= 0.6 is 0 Å². The fraction of sp³-hybridized carbons (Fsp3) is 0.700. The van der Waals surface area contributed by atoms with Gasteiger partial charge in [-0.05, 0) is 0 Å². The predicted octanol–water partition coefficient (Wildman–Crippen LogP) is -10.4. The lowest BCUT2D eigenvalue weighted by Crippen LogP contribution is -2.52. The van der Waals surface area contributed by atoms with E-state index in [9.17, 15) is 14.4 Å². The fourth-order valence-corrected chi connectivity index (χ4v) is 6.80. The van der Waals surface area contributed by atoms with Gasteiger partial charge in [0, 0.05) is 39.0 Å². The Hall–Kier alpha value is -7.72. The highest BCUT2D eigenvalue weighted by Crippen LogP contribution is 2.31. The quantitative estimate of drug-likeness (QED) is 0.0300. The van der Waals surface area contributed by atoms with E-state index in [1.54, 1.807) is 0 Å². The Morgan fingerprint density at radius 1 is 0.395 bits per heavy atom. The molecule has 1 spiro atoms. The number of nitrogens with one attached hydrogen (secondary N) is 11. The predicted molar refractivity (Wildman–Crippen MR) is 289 cm³/mol. The molecule has 2 unspecified atom stereocenters. The lowest BCUT2D eigenvalue weighted by Gasteiger charge is -2.43. The van der Waals surface area contributed by atoms with Crippen molar-refractivity contribution in [1.82, 2.24) is 75.1 Å². The smallest absolute Gasteiger partial charge is 0.328 e. The first-order valence-corrected chi connectivity index (χ1v) is 25.4. The maximum absolute atomic E-state index is 11.0. The first-order valence-electron chi connectivity index (χ1n) is 25.4. The summed E-state index contributed by atoms with van der Waals surface area (Å²) in [7, 11) is 0. The highest BCUT2D eigenvalue weighted by Gasteiger charge is 2.44. The van der Waals surface area contributed by atoms with Gasteiger partial charge in [0.15, 0.2) is 25.0 Å². The van der Waals surface area contributed by atoms with Crippen LogP contribution in [0.3, 0.4) is 0 Å². The van der Waals surface area contributed by atoms with Gasteiger partial charge in [-0.25, -0.2) is 14.4 Å². The number of aliphatic hydroxyl groups excluding tert-OH is 15. The molecule has 0 radical (unpaired) electrons. The molecular weight excluding hydrogens is 1170 g/mol. The Bertz CT molecular complexity index is 2160. The van der Waals surface area contributed by atoms with E-state index in [-0.39, 0.29) is 120 Å². The van der Waals surface area contributed by atoms with E-state index in [0.29, 0.717) is 75.2 Å². The fourth-order valence-electron chi connectivity index (χ4n) is 6.80. The van der Waals surface area contributed by atoms with Crippen molar-refractivity contribution in [3.05, 3.63) is 0 Å². The van der Waals surface area contributed by atoms with Gasteiger partial charge in [0.05, 0.1) is 31.8 Å². The summed E-state index contributed by atoms with van der Waals surface area (Å²) in [6.07, 6.45) is -2.81. The maximum atomic E-state index is 11.0. The number of carbonyl (C=O) groups is 3. The molecule has 0 bridgehead atoms. The third kappa shape index (κ3) is 24.7. The average Bonchev–Trinajstić information content (AvgIpc) is 3.23. The molecule has 7 rings (SSSR count). The van der Waals surface area contributed by atoms with E-state index in [4.69, 9.17) is 95.5 Å². The Morgan fingerprint density at radius 2 is 0.651 bits per heavy atom. The highest BCUT2D eigenvalue weighted by atomic mass is 16.7. The van der Waals surface area contributed by atoms with Gasteiger partial charge < -0.3 is 154 Å². The van der Waals surface area contributed by atoms with Crippen molar-refractivity contribution in [1.29, 1.82) is 0 Å². The number of rotatable bonds is 28. The van der Waals surface area contributed by atoms with Crippen LogP contribution in [0.25, 0.3) is 0 Å². The van der Waals surface area contributed by atoms with Crippen LogP contribution in [0.2, 0.25) is 0 Å². The van der Waals surface area contributed by atoms with Crippen LogP contribution in [0.4, 0.5) is 67.9 Å². The number of hydrogen-bond donors (Lipinski definition) is 26. The zero-order valence-electron chi connectivity index (χ0n) is 46.0. The standard InChI is InChI=1S/C21H36N12O8.C6H12N6O3.C5H10N2O5.C5H10N2O3.C3H8N2O3/c34-9-24-17-28-15(29-18(32-17)25-10-35)22-3-1-13-38-5-21(6-39-13)7-40-14(41-8-21)2-4-23-16-30-19(26-11-36)33-20(31-16)27-12-37;13-1-7-4-10-5(8-2-14)12-6(11-4)9-3-15;8-1-6-3(10)4(11)7(2-9)5(6)12;8-3-6-1-2-7(4-9)5(6)10;6-1-4-3(8)5-2-7/h13-14,34-37H,1-12H2,(H3,22,24,25,28,29,32)(H3,23,26,27,30,31,33);13-15H,1-3H2,(H3,7,8,9,10,11,12);3-4,8-11H,1-2H2;8-9H,1-4H2;6-7H,1-2H2,(H2,4,5,8). The van der Waals surface area contributed by atoms with Crippen LogP contribution in [-0.4, -0.2) is 324 Å². The second-order valence-electron chi connectivity index (χ2n) is 16.7. The molecule has 2 atom stereocenters. The Kier molecular flexibility index (Phi) is 34.2. The van der Waals surface area contributed by atoms with Crippen LogP contribution in [0, 0.1) is 5.41 Å². The molecule has 6 amide bonds. The molecule has 86 heavy (non-hydrogen) atoms. The average molecular weight is 1250 g/mol. The first-order chi connectivity index (χ1) is 41.6. The molecule has 46 heteroatoms. The van der Waals surface area contributed by atoms with E-state index in [1.165, 1.54) is 9.80 Å². The number of ether oxygens (including phenoxy) is 4. The minimum atomic E-state index is -1.49. The number of hydrogen-bond acceptors (Lipinski definition) is 40. The summed E-state index contributed by atoms with van der Waals surface area (Å²) in [4.78, 5) is 71.8. The topological polar surface area (TPSA) is 653 Å². The summed E-state index contributed by atoms with van der Waals surface area (Å²) < 4.78 is 23.7. The Morgan fingerprint density at radius 3 is 0.849 bits per heavy atom. The lowest BCUT2D eigenvalue weighted by molar-refractivity contribution is -0.302. The SMILES string of the molecule is O=C(NCO)NCO.O=C1N(CO)C(O)C(O)N1CO.O=C1N(CO)CCN1CO.OCNc1nc(NCO)nc(NCCC2OCC3(CO2)COC(CCNc2nc(NCO)nc(NCO)n2)OC3)n1.OCNc1nc(NCO)nc(NCO)n1. The van der Waals surface area contributed by atoms with Gasteiger partial charge in [0.25, 0.3) is 0 Å². The van der Waals surface area contributed by atoms with Crippen LogP contribution in [0.5, 0.6) is 0 Å². The largest absolute Gasteiger partial charge is 0.376 e. The third-order valence-electron chi connectivity index (χ3n) is 10.9. The van der Waals surface area contributed by atoms with Gasteiger partial charge in [-0.1, -0.05) is 0 Å². The molecule has 4 fully saturated rings. The lowest BCUT2D eigenvalue weighted by atomic mass is 9.90. The molecular formula is C40H76N24O22. The van der Waals surface area contributed by atoms with E-state index < -0.39 is 69.4 Å². The molecule has 4 aliphatic rings. The summed E-state index contributed by atoms with van der Waals surface area (Å²) in [5, 5.41) is 158. The van der Waals surface area contributed by atoms with Crippen molar-refractivity contribution in [2.24, 2.45) is 5.41 Å². The molecule has 0 aliphatic carbocycles. The second kappa shape index (κ2) is 40.6. The van der Waals surface area contributed by atoms with Crippen molar-refractivity contribution in [2.45, 2.75) is 37.9 Å². The van der Waals surface area contributed by atoms with Gasteiger partial charge in [0.2, 0.25) is 53.5 Å². The minimum absolute atomic E-state index is 0.124. The molecule has 0 aromatic carbocycles. The Labute approximate surface area is 487 Å². The molecule has 488 valence electrons. The molecule has 26 N–H and O–H groups in total. The third-order valence-corrected chi connectivity index (χ3v) is 10.9. The van der Waals surface area contributed by atoms with Gasteiger partial charge in [0.1, 0.15) is 87.5 Å². The van der Waals surface area contributed by atoms with Gasteiger partial charge in [-0.3, -0.25) is 19.6 Å². The minimum Gasteiger partial charge on any atom is -0.376 e. The van der Waals surface area contributed by atoms with Gasteiger partial charge >= 0.3 is 18.1 Å². The van der Waals surface area contributed by atoms with Gasteiger partial charge in [-0.2, -0.15) is 44.9 Å². The summed E-state index contributed by atoms with van der Waals surface area (Å²) >= 11 is 0.